The molecule has 1 amide bonds. The maximum atomic E-state index is 14.2. The lowest BCUT2D eigenvalue weighted by molar-refractivity contribution is -0.168. The Balaban J connectivity index is 1.43. The highest BCUT2D eigenvalue weighted by Gasteiger charge is 2.31. The van der Waals surface area contributed by atoms with Gasteiger partial charge in [0, 0.05) is 43.3 Å². The minimum absolute atomic E-state index is 0.0327. The molecular formula is C34H39FN2O5. The molecule has 3 aromatic rings. The Morgan fingerprint density at radius 2 is 1.74 bits per heavy atom. The molecule has 5 rings (SSSR count). The molecule has 0 aliphatic carbocycles. The van der Waals surface area contributed by atoms with Gasteiger partial charge in [-0.15, -0.1) is 0 Å². The van der Waals surface area contributed by atoms with Crippen LogP contribution in [-0.4, -0.2) is 51.3 Å². The van der Waals surface area contributed by atoms with Crippen molar-refractivity contribution in [3.63, 3.8) is 0 Å². The fraction of sp³-hybridized carbons (Fsp3) is 0.412. The monoisotopic (exact) mass is 574 g/mol. The first-order chi connectivity index (χ1) is 20.5. The smallest absolute Gasteiger partial charge is 0.260 e. The van der Waals surface area contributed by atoms with E-state index in [1.165, 1.54) is 12.1 Å². The number of Topliss-reactive ketones (excluding diaryl/α,β-unsaturated/α-hetero) is 1. The van der Waals surface area contributed by atoms with E-state index in [-0.39, 0.29) is 29.7 Å². The third-order valence-corrected chi connectivity index (χ3v) is 8.16. The predicted octanol–water partition coefficient (Wildman–Crippen LogP) is 6.64. The lowest BCUT2D eigenvalue weighted by Crippen LogP contribution is -2.39. The van der Waals surface area contributed by atoms with Crippen LogP contribution in [-0.2, 0) is 16.1 Å². The van der Waals surface area contributed by atoms with Gasteiger partial charge in [-0.25, -0.2) is 4.39 Å². The van der Waals surface area contributed by atoms with Crippen LogP contribution in [0.25, 0.3) is 0 Å². The summed E-state index contributed by atoms with van der Waals surface area (Å²) >= 11 is 0. The molecule has 42 heavy (non-hydrogen) atoms. The number of anilines is 2. The third kappa shape index (κ3) is 6.66. The van der Waals surface area contributed by atoms with Crippen molar-refractivity contribution in [3.05, 3.63) is 89.2 Å². The van der Waals surface area contributed by atoms with Crippen LogP contribution in [0.5, 0.6) is 5.75 Å². The fourth-order valence-electron chi connectivity index (χ4n) is 5.92. The first-order valence-electron chi connectivity index (χ1n) is 14.8. The first kappa shape index (κ1) is 29.7. The van der Waals surface area contributed by atoms with Crippen LogP contribution in [0.2, 0.25) is 0 Å². The van der Waals surface area contributed by atoms with Crippen molar-refractivity contribution in [2.24, 2.45) is 5.92 Å². The molecule has 2 aliphatic heterocycles. The number of carbonyl (C=O) groups is 2. The highest BCUT2D eigenvalue weighted by atomic mass is 19.1. The number of para-hydroxylation sites is 3. The molecule has 0 bridgehead atoms. The van der Waals surface area contributed by atoms with E-state index in [1.807, 2.05) is 49.4 Å². The molecule has 222 valence electrons. The number of amides is 1. The van der Waals surface area contributed by atoms with E-state index in [0.29, 0.717) is 68.3 Å². The highest BCUT2D eigenvalue weighted by molar-refractivity contribution is 6.10. The van der Waals surface area contributed by atoms with E-state index in [2.05, 4.69) is 4.90 Å². The van der Waals surface area contributed by atoms with Gasteiger partial charge in [0.2, 0.25) is 0 Å². The molecular weight excluding hydrogens is 535 g/mol. The molecule has 0 aromatic heterocycles. The minimum atomic E-state index is -0.356. The Morgan fingerprint density at radius 3 is 2.43 bits per heavy atom. The normalized spacial score (nSPS) is 17.6. The molecule has 0 saturated carbocycles. The number of rotatable bonds is 10. The number of nitrogens with zero attached hydrogens (tertiary/aromatic N) is 2. The number of hydrogen-bond acceptors (Lipinski definition) is 6. The van der Waals surface area contributed by atoms with Gasteiger partial charge in [0.05, 0.1) is 30.7 Å². The second-order valence-electron chi connectivity index (χ2n) is 10.8. The first-order valence-corrected chi connectivity index (χ1v) is 14.8. The van der Waals surface area contributed by atoms with Gasteiger partial charge in [0.1, 0.15) is 11.6 Å². The Kier molecular flexibility index (Phi) is 9.87. The van der Waals surface area contributed by atoms with E-state index in [9.17, 15) is 14.0 Å². The van der Waals surface area contributed by atoms with Crippen molar-refractivity contribution >= 4 is 23.1 Å². The van der Waals surface area contributed by atoms with E-state index < -0.39 is 0 Å². The van der Waals surface area contributed by atoms with E-state index in [1.54, 1.807) is 24.1 Å². The molecule has 2 heterocycles. The quantitative estimate of drug-likeness (QED) is 0.253. The molecule has 8 heteroatoms. The fourth-order valence-corrected chi connectivity index (χ4v) is 5.92. The summed E-state index contributed by atoms with van der Waals surface area (Å²) in [5.74, 6) is 0.0156. The van der Waals surface area contributed by atoms with E-state index >= 15 is 0 Å². The lowest BCUT2D eigenvalue weighted by Gasteiger charge is -2.36. The summed E-state index contributed by atoms with van der Waals surface area (Å²) in [4.78, 5) is 31.4. The summed E-state index contributed by atoms with van der Waals surface area (Å²) in [6, 6.07) is 19.1. The summed E-state index contributed by atoms with van der Waals surface area (Å²) < 4.78 is 31.0. The average Bonchev–Trinajstić information content (AvgIpc) is 3.04. The van der Waals surface area contributed by atoms with Crippen molar-refractivity contribution in [1.29, 1.82) is 0 Å². The predicted molar refractivity (Wildman–Crippen MR) is 161 cm³/mol. The third-order valence-electron chi connectivity index (χ3n) is 8.16. The zero-order chi connectivity index (χ0) is 29.5. The van der Waals surface area contributed by atoms with Crippen molar-refractivity contribution in [3.8, 4) is 5.75 Å². The van der Waals surface area contributed by atoms with Crippen molar-refractivity contribution in [1.82, 2.24) is 0 Å². The number of hydrogen-bond donors (Lipinski definition) is 0. The zero-order valence-corrected chi connectivity index (χ0v) is 24.4. The van der Waals surface area contributed by atoms with Gasteiger partial charge in [-0.2, -0.15) is 0 Å². The van der Waals surface area contributed by atoms with Gasteiger partial charge in [0.15, 0.2) is 12.1 Å². The van der Waals surface area contributed by atoms with E-state index in [0.717, 1.165) is 30.5 Å². The van der Waals surface area contributed by atoms with Crippen LogP contribution < -0.4 is 14.5 Å². The molecule has 1 unspecified atom stereocenters. The number of benzene rings is 3. The van der Waals surface area contributed by atoms with Gasteiger partial charge in [-0.3, -0.25) is 9.59 Å². The van der Waals surface area contributed by atoms with Crippen LogP contribution in [0.3, 0.4) is 0 Å². The van der Waals surface area contributed by atoms with Crippen molar-refractivity contribution < 1.29 is 28.2 Å². The second-order valence-corrected chi connectivity index (χ2v) is 10.8. The number of methoxy groups -OCH3 is 1. The number of carbonyl (C=O) groups excluding carboxylic acids is 2. The lowest BCUT2D eigenvalue weighted by atomic mass is 9.88. The molecule has 0 spiro atoms. The van der Waals surface area contributed by atoms with Crippen LogP contribution in [0.1, 0.15) is 65.3 Å². The largest absolute Gasteiger partial charge is 0.495 e. The molecule has 0 radical (unpaired) electrons. The van der Waals surface area contributed by atoms with E-state index in [4.69, 9.17) is 14.2 Å². The molecule has 2 aliphatic rings. The maximum absolute atomic E-state index is 14.2. The van der Waals surface area contributed by atoms with Crippen LogP contribution >= 0.6 is 0 Å². The molecule has 2 fully saturated rings. The summed E-state index contributed by atoms with van der Waals surface area (Å²) in [5.41, 5.74) is 3.56. The Hall–Kier alpha value is -3.75. The topological polar surface area (TPSA) is 68.3 Å². The summed E-state index contributed by atoms with van der Waals surface area (Å²) in [7, 11) is 1.60. The number of halogens is 1. The number of piperidine rings is 1. The second kappa shape index (κ2) is 13.9. The Labute approximate surface area is 247 Å². The molecule has 0 N–H and O–H groups in total. The SMILES string of the molecule is CCN(C(=O)c1cccc(COC2CCCCO2)c1N1CCC(C(=O)c2ccc(F)cc2)CC1)c1ccccc1OC. The van der Waals surface area contributed by atoms with Gasteiger partial charge in [-0.1, -0.05) is 24.3 Å². The standard InChI is InChI=1S/C34H39FN2O5/c1-3-37(29-11-4-5-12-30(29)40-2)34(39)28-10-8-9-26(23-42-31-13-6-7-22-41-31)32(28)36-20-18-25(19-21-36)33(38)24-14-16-27(35)17-15-24/h4-5,8-12,14-17,25,31H,3,6-7,13,18-23H2,1-2H3. The Morgan fingerprint density at radius 1 is 0.976 bits per heavy atom. The Bertz CT molecular complexity index is 1360. The number of ketones is 1. The summed E-state index contributed by atoms with van der Waals surface area (Å²) in [5, 5.41) is 0. The van der Waals surface area contributed by atoms with Gasteiger partial charge in [0.25, 0.3) is 5.91 Å². The number of ether oxygens (including phenoxy) is 3. The van der Waals surface area contributed by atoms with Crippen LogP contribution in [0.15, 0.2) is 66.7 Å². The van der Waals surface area contributed by atoms with Crippen LogP contribution in [0, 0.1) is 11.7 Å². The molecule has 2 saturated heterocycles. The van der Waals surface area contributed by atoms with Crippen LogP contribution in [0.4, 0.5) is 15.8 Å². The van der Waals surface area contributed by atoms with Gasteiger partial charge in [-0.05, 0) is 81.5 Å². The average molecular weight is 575 g/mol. The molecule has 7 nitrogen and oxygen atoms in total. The van der Waals surface area contributed by atoms with Gasteiger partial charge >= 0.3 is 0 Å². The maximum Gasteiger partial charge on any atom is 0.260 e. The molecule has 3 aromatic carbocycles. The highest BCUT2D eigenvalue weighted by Crippen LogP contribution is 2.35. The van der Waals surface area contributed by atoms with Crippen molar-refractivity contribution in [2.45, 2.75) is 51.9 Å². The van der Waals surface area contributed by atoms with Gasteiger partial charge < -0.3 is 24.0 Å². The minimum Gasteiger partial charge on any atom is -0.495 e. The zero-order valence-electron chi connectivity index (χ0n) is 24.4. The summed E-state index contributed by atoms with van der Waals surface area (Å²) in [6.07, 6.45) is 3.96. The summed E-state index contributed by atoms with van der Waals surface area (Å²) in [6.45, 7) is 4.63. The van der Waals surface area contributed by atoms with Crippen molar-refractivity contribution in [2.75, 3.05) is 43.2 Å². The molecule has 1 atom stereocenters.